The smallest absolute Gasteiger partial charge is 0.225 e. The second kappa shape index (κ2) is 7.60. The summed E-state index contributed by atoms with van der Waals surface area (Å²) in [5, 5.41) is 3.13. The fourth-order valence-corrected chi connectivity index (χ4v) is 3.15. The number of nitrogens with two attached hydrogens (primary N) is 1. The molecular formula is C20H24N2O2. The van der Waals surface area contributed by atoms with Crippen molar-refractivity contribution in [1.29, 1.82) is 0 Å². The Labute approximate surface area is 143 Å². The van der Waals surface area contributed by atoms with Crippen molar-refractivity contribution in [3.63, 3.8) is 0 Å². The fraction of sp³-hybridized carbons (Fsp3) is 0.350. The highest BCUT2D eigenvalue weighted by atomic mass is 16.5. The molecule has 0 aliphatic carbocycles. The predicted molar refractivity (Wildman–Crippen MR) is 94.2 cm³/mol. The molecule has 4 heteroatoms. The van der Waals surface area contributed by atoms with E-state index in [0.717, 1.165) is 17.5 Å². The molecule has 4 atom stereocenters. The van der Waals surface area contributed by atoms with Gasteiger partial charge in [0.1, 0.15) is 6.10 Å². The quantitative estimate of drug-likeness (QED) is 0.889. The van der Waals surface area contributed by atoms with Gasteiger partial charge in [-0.05, 0) is 17.5 Å². The average molecular weight is 324 g/mol. The molecule has 0 spiro atoms. The van der Waals surface area contributed by atoms with Crippen LogP contribution in [0.15, 0.2) is 60.7 Å². The van der Waals surface area contributed by atoms with Crippen LogP contribution in [-0.2, 0) is 9.53 Å². The van der Waals surface area contributed by atoms with Gasteiger partial charge in [-0.25, -0.2) is 0 Å². The Morgan fingerprint density at radius 2 is 1.75 bits per heavy atom. The molecule has 3 N–H and O–H groups in total. The molecule has 2 aromatic carbocycles. The van der Waals surface area contributed by atoms with Crippen molar-refractivity contribution in [2.75, 3.05) is 6.61 Å². The van der Waals surface area contributed by atoms with Gasteiger partial charge in [-0.1, -0.05) is 67.6 Å². The first-order valence-electron chi connectivity index (χ1n) is 8.44. The van der Waals surface area contributed by atoms with E-state index in [1.165, 1.54) is 0 Å². The number of rotatable bonds is 5. The summed E-state index contributed by atoms with van der Waals surface area (Å²) in [7, 11) is 0. The maximum atomic E-state index is 12.6. The van der Waals surface area contributed by atoms with Crippen molar-refractivity contribution in [3.05, 3.63) is 71.8 Å². The number of amides is 1. The van der Waals surface area contributed by atoms with Crippen molar-refractivity contribution < 1.29 is 9.53 Å². The first-order chi connectivity index (χ1) is 11.7. The molecule has 24 heavy (non-hydrogen) atoms. The SMILES string of the molecule is CC(C(=O)NC1CCOC1c1ccccc1)C(N)c1ccccc1. The van der Waals surface area contributed by atoms with Crippen molar-refractivity contribution in [3.8, 4) is 0 Å². The van der Waals surface area contributed by atoms with E-state index in [-0.39, 0.29) is 30.0 Å². The topological polar surface area (TPSA) is 64.3 Å². The van der Waals surface area contributed by atoms with Crippen LogP contribution in [-0.4, -0.2) is 18.6 Å². The van der Waals surface area contributed by atoms with Gasteiger partial charge in [0.15, 0.2) is 0 Å². The molecule has 1 heterocycles. The van der Waals surface area contributed by atoms with E-state index in [1.54, 1.807) is 0 Å². The normalized spacial score (nSPS) is 22.8. The number of nitrogens with one attached hydrogen (secondary N) is 1. The van der Waals surface area contributed by atoms with Gasteiger partial charge in [-0.15, -0.1) is 0 Å². The number of carbonyl (C=O) groups excluding carboxylic acids is 1. The van der Waals surface area contributed by atoms with Crippen molar-refractivity contribution in [2.45, 2.75) is 31.5 Å². The molecule has 3 rings (SSSR count). The van der Waals surface area contributed by atoms with Crippen LogP contribution in [0.25, 0.3) is 0 Å². The lowest BCUT2D eigenvalue weighted by atomic mass is 9.93. The van der Waals surface area contributed by atoms with E-state index < -0.39 is 0 Å². The molecular weight excluding hydrogens is 300 g/mol. The number of hydrogen-bond donors (Lipinski definition) is 2. The first kappa shape index (κ1) is 16.7. The Hall–Kier alpha value is -2.17. The summed E-state index contributed by atoms with van der Waals surface area (Å²) in [6, 6.07) is 19.4. The minimum absolute atomic E-state index is 0.00896. The zero-order valence-electron chi connectivity index (χ0n) is 13.9. The fourth-order valence-electron chi connectivity index (χ4n) is 3.15. The van der Waals surface area contributed by atoms with Crippen molar-refractivity contribution in [1.82, 2.24) is 5.32 Å². The van der Waals surface area contributed by atoms with Crippen LogP contribution in [0.5, 0.6) is 0 Å². The lowest BCUT2D eigenvalue weighted by Gasteiger charge is -2.25. The van der Waals surface area contributed by atoms with Crippen molar-refractivity contribution >= 4 is 5.91 Å². The van der Waals surface area contributed by atoms with Crippen LogP contribution in [0.1, 0.15) is 36.6 Å². The number of hydrogen-bond acceptors (Lipinski definition) is 3. The molecule has 1 amide bonds. The van der Waals surface area contributed by atoms with Gasteiger partial charge in [-0.2, -0.15) is 0 Å². The maximum absolute atomic E-state index is 12.6. The Kier molecular flexibility index (Phi) is 5.28. The molecule has 2 aromatic rings. The summed E-state index contributed by atoms with van der Waals surface area (Å²) in [4.78, 5) is 12.6. The Balaban J connectivity index is 1.65. The van der Waals surface area contributed by atoms with Gasteiger partial charge in [0.05, 0.1) is 12.0 Å². The summed E-state index contributed by atoms with van der Waals surface area (Å²) < 4.78 is 5.83. The summed E-state index contributed by atoms with van der Waals surface area (Å²) in [5.74, 6) is -0.327. The highest BCUT2D eigenvalue weighted by molar-refractivity contribution is 5.79. The Morgan fingerprint density at radius 1 is 1.12 bits per heavy atom. The van der Waals surface area contributed by atoms with Crippen molar-refractivity contribution in [2.24, 2.45) is 11.7 Å². The first-order valence-corrected chi connectivity index (χ1v) is 8.44. The monoisotopic (exact) mass is 324 g/mol. The Bertz CT molecular complexity index is 660. The second-order valence-corrected chi connectivity index (χ2v) is 6.33. The second-order valence-electron chi connectivity index (χ2n) is 6.33. The number of carbonyl (C=O) groups is 1. The molecule has 0 aromatic heterocycles. The predicted octanol–water partition coefficient (Wildman–Crippen LogP) is 2.97. The molecule has 1 aliphatic heterocycles. The van der Waals surface area contributed by atoms with Crippen LogP contribution < -0.4 is 11.1 Å². The number of benzene rings is 2. The highest BCUT2D eigenvalue weighted by Crippen LogP contribution is 2.29. The average Bonchev–Trinajstić information content (AvgIpc) is 3.10. The molecule has 1 saturated heterocycles. The highest BCUT2D eigenvalue weighted by Gasteiger charge is 2.33. The summed E-state index contributed by atoms with van der Waals surface area (Å²) >= 11 is 0. The van der Waals surface area contributed by atoms with Gasteiger partial charge in [0.2, 0.25) is 5.91 Å². The van der Waals surface area contributed by atoms with Gasteiger partial charge >= 0.3 is 0 Å². The van der Waals surface area contributed by atoms with Crippen LogP contribution >= 0.6 is 0 Å². The van der Waals surface area contributed by atoms with Crippen LogP contribution in [0, 0.1) is 5.92 Å². The zero-order chi connectivity index (χ0) is 16.9. The summed E-state index contributed by atoms with van der Waals surface area (Å²) in [6.07, 6.45) is 0.730. The molecule has 4 unspecified atom stereocenters. The molecule has 0 radical (unpaired) electrons. The third-order valence-electron chi connectivity index (χ3n) is 4.68. The molecule has 4 nitrogen and oxygen atoms in total. The van der Waals surface area contributed by atoms with E-state index in [4.69, 9.17) is 10.5 Å². The molecule has 0 bridgehead atoms. The summed E-state index contributed by atoms with van der Waals surface area (Å²) in [5.41, 5.74) is 8.34. The minimum Gasteiger partial charge on any atom is -0.371 e. The third-order valence-corrected chi connectivity index (χ3v) is 4.68. The van der Waals surface area contributed by atoms with E-state index in [0.29, 0.717) is 6.61 Å². The molecule has 1 fully saturated rings. The minimum atomic E-state index is -0.316. The van der Waals surface area contributed by atoms with Gasteiger partial charge in [-0.3, -0.25) is 4.79 Å². The van der Waals surface area contributed by atoms with Gasteiger partial charge < -0.3 is 15.8 Å². The summed E-state index contributed by atoms with van der Waals surface area (Å²) in [6.45, 7) is 2.53. The zero-order valence-corrected chi connectivity index (χ0v) is 13.9. The number of ether oxygens (including phenoxy) is 1. The standard InChI is InChI=1S/C20H24N2O2/c1-14(18(21)15-8-4-2-5-9-15)20(23)22-17-12-13-24-19(17)16-10-6-3-7-11-16/h2-11,14,17-19H,12-13,21H2,1H3,(H,22,23). The van der Waals surface area contributed by atoms with Gasteiger partial charge in [0, 0.05) is 12.6 Å². The van der Waals surface area contributed by atoms with E-state index in [9.17, 15) is 4.79 Å². The maximum Gasteiger partial charge on any atom is 0.225 e. The van der Waals surface area contributed by atoms with E-state index in [1.807, 2.05) is 67.6 Å². The largest absolute Gasteiger partial charge is 0.371 e. The van der Waals surface area contributed by atoms with Crippen LogP contribution in [0.2, 0.25) is 0 Å². The molecule has 0 saturated carbocycles. The lowest BCUT2D eigenvalue weighted by molar-refractivity contribution is -0.126. The Morgan fingerprint density at radius 3 is 2.42 bits per heavy atom. The lowest BCUT2D eigenvalue weighted by Crippen LogP contribution is -2.42. The van der Waals surface area contributed by atoms with Crippen LogP contribution in [0.3, 0.4) is 0 Å². The molecule has 1 aliphatic rings. The van der Waals surface area contributed by atoms with E-state index >= 15 is 0 Å². The van der Waals surface area contributed by atoms with Gasteiger partial charge in [0.25, 0.3) is 0 Å². The third kappa shape index (κ3) is 3.66. The van der Waals surface area contributed by atoms with Crippen LogP contribution in [0.4, 0.5) is 0 Å². The molecule has 126 valence electrons. The van der Waals surface area contributed by atoms with E-state index in [2.05, 4.69) is 5.32 Å².